The van der Waals surface area contributed by atoms with E-state index in [1.807, 2.05) is 18.3 Å². The third-order valence-electron chi connectivity index (χ3n) is 1.86. The summed E-state index contributed by atoms with van der Waals surface area (Å²) in [7, 11) is 0. The molecule has 0 N–H and O–H groups in total. The molecule has 0 bridgehead atoms. The van der Waals surface area contributed by atoms with Gasteiger partial charge in [-0.3, -0.25) is 4.98 Å². The second-order valence-electron chi connectivity index (χ2n) is 4.38. The number of aryl methyl sites for hydroxylation is 1. The Hall–Kier alpha value is -0.850. The molecule has 0 aromatic carbocycles. The second-order valence-corrected chi connectivity index (χ2v) is 4.38. The Morgan fingerprint density at radius 2 is 1.92 bits per heavy atom. The van der Waals surface area contributed by atoms with Crippen LogP contribution < -0.4 is 0 Å². The van der Waals surface area contributed by atoms with Gasteiger partial charge in [-0.05, 0) is 30.4 Å². The van der Waals surface area contributed by atoms with Crippen LogP contribution in [0.2, 0.25) is 0 Å². The Morgan fingerprint density at radius 1 is 1.23 bits per heavy atom. The Morgan fingerprint density at radius 3 is 2.38 bits per heavy atom. The highest BCUT2D eigenvalue weighted by Crippen LogP contribution is 2.20. The SMILES string of the molecule is C.CC(C)(C)CCc1ccccn1. The van der Waals surface area contributed by atoms with Gasteiger partial charge in [-0.25, -0.2) is 0 Å². The Labute approximate surface area is 82.2 Å². The smallest absolute Gasteiger partial charge is 0.0403 e. The third-order valence-corrected chi connectivity index (χ3v) is 1.86. The first-order valence-corrected chi connectivity index (χ1v) is 4.48. The predicted octanol–water partition coefficient (Wildman–Crippen LogP) is 3.70. The summed E-state index contributed by atoms with van der Waals surface area (Å²) in [6.07, 6.45) is 4.15. The maximum Gasteiger partial charge on any atom is 0.0403 e. The number of aromatic nitrogens is 1. The molecule has 0 amide bonds. The van der Waals surface area contributed by atoms with Gasteiger partial charge in [-0.15, -0.1) is 0 Å². The normalized spacial score (nSPS) is 10.7. The van der Waals surface area contributed by atoms with Crippen LogP contribution in [0.25, 0.3) is 0 Å². The van der Waals surface area contributed by atoms with Crippen molar-refractivity contribution in [1.82, 2.24) is 4.98 Å². The molecule has 0 aliphatic heterocycles. The van der Waals surface area contributed by atoms with Crippen molar-refractivity contribution in [3.05, 3.63) is 30.1 Å². The van der Waals surface area contributed by atoms with E-state index in [1.165, 1.54) is 12.1 Å². The molecule has 0 unspecified atom stereocenters. The molecular weight excluding hydrogens is 158 g/mol. The lowest BCUT2D eigenvalue weighted by molar-refractivity contribution is 0.376. The van der Waals surface area contributed by atoms with Crippen LogP contribution in [0.1, 0.15) is 40.3 Å². The molecular formula is C12H21N. The zero-order chi connectivity index (χ0) is 9.03. The quantitative estimate of drug-likeness (QED) is 0.674. The number of rotatable bonds is 2. The molecule has 1 nitrogen and oxygen atoms in total. The molecule has 0 aliphatic carbocycles. The van der Waals surface area contributed by atoms with Crippen molar-refractivity contribution >= 4 is 0 Å². The van der Waals surface area contributed by atoms with E-state index in [2.05, 4.69) is 31.8 Å². The first-order chi connectivity index (χ1) is 5.58. The fourth-order valence-corrected chi connectivity index (χ4v) is 1.05. The van der Waals surface area contributed by atoms with Crippen LogP contribution in [0.5, 0.6) is 0 Å². The van der Waals surface area contributed by atoms with Crippen molar-refractivity contribution in [2.45, 2.75) is 41.0 Å². The van der Waals surface area contributed by atoms with E-state index >= 15 is 0 Å². The Balaban J connectivity index is 0.00000144. The summed E-state index contributed by atoms with van der Waals surface area (Å²) in [5.41, 5.74) is 1.62. The Bertz CT molecular complexity index is 221. The summed E-state index contributed by atoms with van der Waals surface area (Å²) < 4.78 is 0. The van der Waals surface area contributed by atoms with Crippen LogP contribution in [0, 0.1) is 5.41 Å². The van der Waals surface area contributed by atoms with E-state index in [1.54, 1.807) is 0 Å². The predicted molar refractivity (Wildman–Crippen MR) is 58.7 cm³/mol. The van der Waals surface area contributed by atoms with Gasteiger partial charge in [0.15, 0.2) is 0 Å². The molecule has 0 aliphatic rings. The van der Waals surface area contributed by atoms with E-state index in [-0.39, 0.29) is 7.43 Å². The van der Waals surface area contributed by atoms with Crippen molar-refractivity contribution < 1.29 is 0 Å². The average Bonchev–Trinajstić information content (AvgIpc) is 2.02. The van der Waals surface area contributed by atoms with Crippen LogP contribution in [0.3, 0.4) is 0 Å². The van der Waals surface area contributed by atoms with Crippen LogP contribution in [0.15, 0.2) is 24.4 Å². The van der Waals surface area contributed by atoms with Gasteiger partial charge in [0.25, 0.3) is 0 Å². The lowest BCUT2D eigenvalue weighted by Crippen LogP contribution is -2.06. The molecule has 1 aromatic heterocycles. The minimum absolute atomic E-state index is 0. The topological polar surface area (TPSA) is 12.9 Å². The molecule has 1 heteroatoms. The van der Waals surface area contributed by atoms with Gasteiger partial charge in [-0.1, -0.05) is 34.3 Å². The van der Waals surface area contributed by atoms with Gasteiger partial charge in [0.1, 0.15) is 0 Å². The zero-order valence-electron chi connectivity index (χ0n) is 8.17. The van der Waals surface area contributed by atoms with Gasteiger partial charge < -0.3 is 0 Å². The lowest BCUT2D eigenvalue weighted by Gasteiger charge is -2.17. The molecule has 13 heavy (non-hydrogen) atoms. The zero-order valence-corrected chi connectivity index (χ0v) is 8.17. The summed E-state index contributed by atoms with van der Waals surface area (Å²) in [5.74, 6) is 0. The number of hydrogen-bond acceptors (Lipinski definition) is 1. The summed E-state index contributed by atoms with van der Waals surface area (Å²) in [6.45, 7) is 6.78. The van der Waals surface area contributed by atoms with Crippen LogP contribution in [-0.2, 0) is 6.42 Å². The monoisotopic (exact) mass is 179 g/mol. The molecule has 0 saturated heterocycles. The third kappa shape index (κ3) is 5.40. The number of hydrogen-bond donors (Lipinski definition) is 0. The fraction of sp³-hybridized carbons (Fsp3) is 0.583. The molecule has 74 valence electrons. The highest BCUT2D eigenvalue weighted by Gasteiger charge is 2.09. The molecule has 0 spiro atoms. The van der Waals surface area contributed by atoms with Crippen molar-refractivity contribution in [2.75, 3.05) is 0 Å². The fourth-order valence-electron chi connectivity index (χ4n) is 1.05. The van der Waals surface area contributed by atoms with Crippen LogP contribution in [0.4, 0.5) is 0 Å². The van der Waals surface area contributed by atoms with E-state index in [9.17, 15) is 0 Å². The molecule has 0 fully saturated rings. The molecule has 0 radical (unpaired) electrons. The van der Waals surface area contributed by atoms with E-state index in [4.69, 9.17) is 0 Å². The average molecular weight is 179 g/mol. The maximum atomic E-state index is 4.28. The summed E-state index contributed by atoms with van der Waals surface area (Å²) in [4.78, 5) is 4.28. The minimum atomic E-state index is 0. The van der Waals surface area contributed by atoms with Gasteiger partial charge in [-0.2, -0.15) is 0 Å². The van der Waals surface area contributed by atoms with Crippen molar-refractivity contribution in [1.29, 1.82) is 0 Å². The summed E-state index contributed by atoms with van der Waals surface area (Å²) >= 11 is 0. The van der Waals surface area contributed by atoms with Gasteiger partial charge in [0.05, 0.1) is 0 Å². The largest absolute Gasteiger partial charge is 0.261 e. The molecule has 0 saturated carbocycles. The van der Waals surface area contributed by atoms with Gasteiger partial charge in [0.2, 0.25) is 0 Å². The highest BCUT2D eigenvalue weighted by molar-refractivity contribution is 5.03. The molecule has 1 aromatic rings. The second kappa shape index (κ2) is 5.00. The highest BCUT2D eigenvalue weighted by atomic mass is 14.7. The van der Waals surface area contributed by atoms with Crippen molar-refractivity contribution in [3.8, 4) is 0 Å². The van der Waals surface area contributed by atoms with Crippen LogP contribution in [-0.4, -0.2) is 4.98 Å². The standard InChI is InChI=1S/C11H17N.CH4/c1-11(2,3)8-7-10-6-4-5-9-12-10;/h4-6,9H,7-8H2,1-3H3;1H4. The summed E-state index contributed by atoms with van der Waals surface area (Å²) in [6, 6.07) is 6.09. The maximum absolute atomic E-state index is 4.28. The number of pyridine rings is 1. The van der Waals surface area contributed by atoms with E-state index in [0.29, 0.717) is 5.41 Å². The first kappa shape index (κ1) is 12.2. The number of nitrogens with zero attached hydrogens (tertiary/aromatic N) is 1. The first-order valence-electron chi connectivity index (χ1n) is 4.48. The summed E-state index contributed by atoms with van der Waals surface area (Å²) in [5, 5.41) is 0. The molecule has 1 rings (SSSR count). The van der Waals surface area contributed by atoms with Crippen LogP contribution >= 0.6 is 0 Å². The van der Waals surface area contributed by atoms with E-state index in [0.717, 1.165) is 6.42 Å². The minimum Gasteiger partial charge on any atom is -0.261 e. The molecule has 1 heterocycles. The van der Waals surface area contributed by atoms with Crippen molar-refractivity contribution in [3.63, 3.8) is 0 Å². The van der Waals surface area contributed by atoms with E-state index < -0.39 is 0 Å². The van der Waals surface area contributed by atoms with Crippen molar-refractivity contribution in [2.24, 2.45) is 5.41 Å². The lowest BCUT2D eigenvalue weighted by atomic mass is 9.90. The van der Waals surface area contributed by atoms with Gasteiger partial charge in [0, 0.05) is 11.9 Å². The Kier molecular flexibility index (Phi) is 4.68. The van der Waals surface area contributed by atoms with Gasteiger partial charge >= 0.3 is 0 Å². The molecule has 0 atom stereocenters.